The van der Waals surface area contributed by atoms with Crippen LogP contribution in [0.2, 0.25) is 0 Å². The molecular formula is C16H27N3O3S. The average molecular weight is 341 g/mol. The molecule has 0 bridgehead atoms. The monoisotopic (exact) mass is 341 g/mol. The average Bonchev–Trinajstić information content (AvgIpc) is 2.44. The summed E-state index contributed by atoms with van der Waals surface area (Å²) < 4.78 is 26.0. The van der Waals surface area contributed by atoms with E-state index in [1.165, 1.54) is 16.4 Å². The summed E-state index contributed by atoms with van der Waals surface area (Å²) in [5.74, 6) is -0.171. The first-order valence-electron chi connectivity index (χ1n) is 7.56. The summed E-state index contributed by atoms with van der Waals surface area (Å²) in [5.41, 5.74) is 0.424. The van der Waals surface area contributed by atoms with E-state index in [0.29, 0.717) is 5.69 Å². The van der Waals surface area contributed by atoms with E-state index < -0.39 is 10.0 Å². The number of rotatable bonds is 6. The molecule has 0 radical (unpaired) electrons. The lowest BCUT2D eigenvalue weighted by Gasteiger charge is -2.21. The number of hydrogen-bond acceptors (Lipinski definition) is 4. The molecule has 0 spiro atoms. The lowest BCUT2D eigenvalue weighted by molar-refractivity contribution is -0.115. The van der Waals surface area contributed by atoms with Crippen molar-refractivity contribution in [3.05, 3.63) is 24.3 Å². The quantitative estimate of drug-likeness (QED) is 0.830. The van der Waals surface area contributed by atoms with Crippen molar-refractivity contribution in [3.63, 3.8) is 0 Å². The van der Waals surface area contributed by atoms with Crippen molar-refractivity contribution in [2.45, 2.75) is 51.1 Å². The minimum absolute atomic E-state index is 0.122. The largest absolute Gasteiger partial charge is 0.325 e. The fourth-order valence-corrected chi connectivity index (χ4v) is 3.07. The maximum atomic E-state index is 12.3. The number of anilines is 1. The second-order valence-electron chi connectivity index (χ2n) is 6.79. The summed E-state index contributed by atoms with van der Waals surface area (Å²) in [6.45, 7) is 9.75. The summed E-state index contributed by atoms with van der Waals surface area (Å²) in [4.78, 5) is 12.0. The highest BCUT2D eigenvalue weighted by atomic mass is 32.2. The first-order chi connectivity index (χ1) is 10.4. The van der Waals surface area contributed by atoms with Gasteiger partial charge in [-0.25, -0.2) is 8.42 Å². The number of carbonyl (C=O) groups is 1. The number of hydrogen-bond donors (Lipinski definition) is 2. The van der Waals surface area contributed by atoms with Crippen molar-refractivity contribution >= 4 is 21.6 Å². The van der Waals surface area contributed by atoms with Crippen molar-refractivity contribution in [1.29, 1.82) is 0 Å². The molecule has 7 heteroatoms. The van der Waals surface area contributed by atoms with Gasteiger partial charge in [0, 0.05) is 24.3 Å². The number of amides is 1. The van der Waals surface area contributed by atoms with Gasteiger partial charge in [-0.15, -0.1) is 0 Å². The van der Waals surface area contributed by atoms with E-state index in [1.54, 1.807) is 19.2 Å². The van der Waals surface area contributed by atoms with E-state index in [2.05, 4.69) is 10.6 Å². The topological polar surface area (TPSA) is 78.5 Å². The van der Waals surface area contributed by atoms with E-state index >= 15 is 0 Å². The Morgan fingerprint density at radius 1 is 1.17 bits per heavy atom. The van der Waals surface area contributed by atoms with E-state index in [4.69, 9.17) is 0 Å². The molecule has 23 heavy (non-hydrogen) atoms. The van der Waals surface area contributed by atoms with Crippen LogP contribution >= 0.6 is 0 Å². The van der Waals surface area contributed by atoms with Gasteiger partial charge in [0.05, 0.1) is 11.4 Å². The molecular weight excluding hydrogens is 314 g/mol. The van der Waals surface area contributed by atoms with Gasteiger partial charge in [-0.3, -0.25) is 4.79 Å². The zero-order chi connectivity index (χ0) is 17.8. The van der Waals surface area contributed by atoms with Crippen LogP contribution in [0.5, 0.6) is 0 Å². The normalized spacial score (nSPS) is 12.7. The van der Waals surface area contributed by atoms with Crippen molar-refractivity contribution in [2.24, 2.45) is 0 Å². The maximum Gasteiger partial charge on any atom is 0.243 e. The Labute approximate surface area is 139 Å². The molecule has 1 aromatic carbocycles. The van der Waals surface area contributed by atoms with Crippen molar-refractivity contribution < 1.29 is 13.2 Å². The third kappa shape index (κ3) is 5.93. The standard InChI is InChI=1S/C16H27N3O3S/c1-12(2)19(6)23(21,22)14-9-7-13(8-10-14)18-15(20)11-17-16(3,4)5/h7-10,12,17H,11H2,1-6H3,(H,18,20). The second-order valence-corrected chi connectivity index (χ2v) is 8.79. The number of benzene rings is 1. The Kier molecular flexibility index (Phi) is 6.33. The molecule has 0 aromatic heterocycles. The fourth-order valence-electron chi connectivity index (χ4n) is 1.70. The first-order valence-corrected chi connectivity index (χ1v) is 9.00. The first kappa shape index (κ1) is 19.6. The van der Waals surface area contributed by atoms with Gasteiger partial charge in [0.25, 0.3) is 0 Å². The highest BCUT2D eigenvalue weighted by molar-refractivity contribution is 7.89. The number of nitrogens with zero attached hydrogens (tertiary/aromatic N) is 1. The third-order valence-corrected chi connectivity index (χ3v) is 5.37. The highest BCUT2D eigenvalue weighted by Gasteiger charge is 2.22. The van der Waals surface area contributed by atoms with Crippen LogP contribution in [0.1, 0.15) is 34.6 Å². The van der Waals surface area contributed by atoms with Gasteiger partial charge in [-0.2, -0.15) is 4.31 Å². The molecule has 0 unspecified atom stereocenters. The van der Waals surface area contributed by atoms with Crippen molar-refractivity contribution in [3.8, 4) is 0 Å². The van der Waals surface area contributed by atoms with Crippen LogP contribution in [-0.4, -0.2) is 43.8 Å². The lowest BCUT2D eigenvalue weighted by atomic mass is 10.1. The van der Waals surface area contributed by atoms with Crippen LogP contribution in [0.4, 0.5) is 5.69 Å². The van der Waals surface area contributed by atoms with E-state index in [-0.39, 0.29) is 28.9 Å². The van der Waals surface area contributed by atoms with Gasteiger partial charge in [0.15, 0.2) is 0 Å². The van der Waals surface area contributed by atoms with Gasteiger partial charge in [-0.1, -0.05) is 0 Å². The van der Waals surface area contributed by atoms with E-state index in [1.807, 2.05) is 34.6 Å². The maximum absolute atomic E-state index is 12.3. The lowest BCUT2D eigenvalue weighted by Crippen LogP contribution is -2.41. The molecule has 0 aliphatic heterocycles. The minimum atomic E-state index is -3.50. The van der Waals surface area contributed by atoms with Crippen LogP contribution in [0.15, 0.2) is 29.2 Å². The van der Waals surface area contributed by atoms with Gasteiger partial charge in [0.1, 0.15) is 0 Å². The smallest absolute Gasteiger partial charge is 0.243 e. The van der Waals surface area contributed by atoms with Gasteiger partial charge >= 0.3 is 0 Å². The molecule has 0 atom stereocenters. The Bertz CT molecular complexity index is 632. The highest BCUT2D eigenvalue weighted by Crippen LogP contribution is 2.19. The van der Waals surface area contributed by atoms with Crippen LogP contribution in [0.3, 0.4) is 0 Å². The van der Waals surface area contributed by atoms with Crippen LogP contribution in [0, 0.1) is 0 Å². The molecule has 1 aromatic rings. The molecule has 1 rings (SSSR count). The van der Waals surface area contributed by atoms with Gasteiger partial charge in [0.2, 0.25) is 15.9 Å². The zero-order valence-corrected chi connectivity index (χ0v) is 15.5. The number of sulfonamides is 1. The SMILES string of the molecule is CC(C)N(C)S(=O)(=O)c1ccc(NC(=O)CNC(C)(C)C)cc1. The molecule has 1 amide bonds. The fraction of sp³-hybridized carbons (Fsp3) is 0.562. The summed E-state index contributed by atoms with van der Waals surface area (Å²) in [7, 11) is -1.96. The number of nitrogens with one attached hydrogen (secondary N) is 2. The second kappa shape index (κ2) is 7.42. The summed E-state index contributed by atoms with van der Waals surface area (Å²) in [6.07, 6.45) is 0. The zero-order valence-electron chi connectivity index (χ0n) is 14.7. The molecule has 0 saturated heterocycles. The van der Waals surface area contributed by atoms with Crippen molar-refractivity contribution in [2.75, 3.05) is 18.9 Å². The summed E-state index contributed by atoms with van der Waals surface area (Å²) in [6, 6.07) is 6.07. The van der Waals surface area contributed by atoms with E-state index in [0.717, 1.165) is 0 Å². The van der Waals surface area contributed by atoms with E-state index in [9.17, 15) is 13.2 Å². The Hall–Kier alpha value is -1.44. The Balaban J connectivity index is 2.76. The Morgan fingerprint density at radius 2 is 1.70 bits per heavy atom. The molecule has 2 N–H and O–H groups in total. The molecule has 0 heterocycles. The van der Waals surface area contributed by atoms with Crippen LogP contribution < -0.4 is 10.6 Å². The summed E-state index contributed by atoms with van der Waals surface area (Å²) in [5, 5.41) is 5.83. The Morgan fingerprint density at radius 3 is 2.13 bits per heavy atom. The third-order valence-electron chi connectivity index (χ3n) is 3.32. The molecule has 0 aliphatic rings. The van der Waals surface area contributed by atoms with Gasteiger partial charge < -0.3 is 10.6 Å². The molecule has 0 aliphatic carbocycles. The summed E-state index contributed by atoms with van der Waals surface area (Å²) >= 11 is 0. The predicted molar refractivity (Wildman–Crippen MR) is 92.9 cm³/mol. The molecule has 0 saturated carbocycles. The predicted octanol–water partition coefficient (Wildman–Crippen LogP) is 2.04. The number of carbonyl (C=O) groups excluding carboxylic acids is 1. The van der Waals surface area contributed by atoms with Crippen molar-refractivity contribution in [1.82, 2.24) is 9.62 Å². The molecule has 6 nitrogen and oxygen atoms in total. The van der Waals surface area contributed by atoms with Crippen LogP contribution in [-0.2, 0) is 14.8 Å². The molecule has 130 valence electrons. The molecule has 0 fully saturated rings. The van der Waals surface area contributed by atoms with Gasteiger partial charge in [-0.05, 0) is 58.9 Å². The minimum Gasteiger partial charge on any atom is -0.325 e. The van der Waals surface area contributed by atoms with Crippen LogP contribution in [0.25, 0.3) is 0 Å².